The van der Waals surface area contributed by atoms with E-state index in [1.165, 1.54) is 11.1 Å². The maximum atomic E-state index is 13.6. The van der Waals surface area contributed by atoms with Gasteiger partial charge in [0.1, 0.15) is 18.4 Å². The Hall–Kier alpha value is -3.84. The van der Waals surface area contributed by atoms with Crippen molar-refractivity contribution in [3.8, 4) is 5.75 Å². The van der Waals surface area contributed by atoms with E-state index in [0.717, 1.165) is 40.3 Å². The zero-order valence-corrected chi connectivity index (χ0v) is 23.3. The molecule has 0 saturated heterocycles. The lowest BCUT2D eigenvalue weighted by Crippen LogP contribution is -2.36. The standard InChI is InChI=1S/C32H32N4O2S/c1-21-10-7-8-13-24(21)19-38-25-15-9-14-23(16-25)29-28-26(17-32(2,3)18-27(28)37)33-30-34-31(35-36(29)30)39-20-22-11-5-4-6-12-22/h4-16,29H,17-20H2,1-3H3,(H,33,34,35). The van der Waals surface area contributed by atoms with E-state index >= 15 is 0 Å². The molecule has 1 aliphatic carbocycles. The Kier molecular flexibility index (Phi) is 6.77. The van der Waals surface area contributed by atoms with Crippen LogP contribution in [0.4, 0.5) is 5.95 Å². The van der Waals surface area contributed by atoms with E-state index in [1.54, 1.807) is 11.8 Å². The molecule has 0 spiro atoms. The van der Waals surface area contributed by atoms with Crippen molar-refractivity contribution in [3.63, 3.8) is 0 Å². The average molecular weight is 537 g/mol. The Morgan fingerprint density at radius 2 is 1.82 bits per heavy atom. The molecule has 1 atom stereocenters. The lowest BCUT2D eigenvalue weighted by atomic mass is 9.73. The Balaban J connectivity index is 1.34. The number of carbonyl (C=O) groups is 1. The highest BCUT2D eigenvalue weighted by Crippen LogP contribution is 2.46. The first kappa shape index (κ1) is 25.4. The molecule has 1 aromatic heterocycles. The number of nitrogens with one attached hydrogen (secondary N) is 1. The Labute approximate surface area is 233 Å². The van der Waals surface area contributed by atoms with Gasteiger partial charge in [-0.1, -0.05) is 92.3 Å². The molecule has 0 amide bonds. The number of benzene rings is 3. The lowest BCUT2D eigenvalue weighted by Gasteiger charge is -2.38. The van der Waals surface area contributed by atoms with Gasteiger partial charge in [-0.05, 0) is 53.1 Å². The highest BCUT2D eigenvalue weighted by molar-refractivity contribution is 7.98. The van der Waals surface area contributed by atoms with Gasteiger partial charge in [0.15, 0.2) is 5.78 Å². The van der Waals surface area contributed by atoms with Crippen molar-refractivity contribution in [1.82, 2.24) is 14.8 Å². The first-order chi connectivity index (χ1) is 18.9. The molecule has 1 unspecified atom stereocenters. The van der Waals surface area contributed by atoms with Gasteiger partial charge in [0.25, 0.3) is 0 Å². The van der Waals surface area contributed by atoms with Crippen molar-refractivity contribution in [2.75, 3.05) is 5.32 Å². The number of ether oxygens (including phenoxy) is 1. The summed E-state index contributed by atoms with van der Waals surface area (Å²) in [6.07, 6.45) is 1.29. The molecular weight excluding hydrogens is 504 g/mol. The fraction of sp³-hybridized carbons (Fsp3) is 0.281. The molecule has 198 valence electrons. The number of hydrogen-bond acceptors (Lipinski definition) is 6. The summed E-state index contributed by atoms with van der Waals surface area (Å²) in [5.41, 5.74) is 6.15. The largest absolute Gasteiger partial charge is 0.489 e. The van der Waals surface area contributed by atoms with Crippen LogP contribution in [0.2, 0.25) is 0 Å². The first-order valence-electron chi connectivity index (χ1n) is 13.3. The van der Waals surface area contributed by atoms with Gasteiger partial charge < -0.3 is 10.1 Å². The number of Topliss-reactive ketones (excluding diaryl/α,β-unsaturated/α-hetero) is 1. The van der Waals surface area contributed by atoms with E-state index in [2.05, 4.69) is 56.4 Å². The zero-order chi connectivity index (χ0) is 27.0. The molecule has 2 aliphatic rings. The monoisotopic (exact) mass is 536 g/mol. The normalized spacial score (nSPS) is 17.8. The fourth-order valence-corrected chi connectivity index (χ4v) is 6.17. The highest BCUT2D eigenvalue weighted by Gasteiger charge is 2.42. The fourth-order valence-electron chi connectivity index (χ4n) is 5.39. The van der Waals surface area contributed by atoms with Crippen molar-refractivity contribution in [2.24, 2.45) is 5.41 Å². The summed E-state index contributed by atoms with van der Waals surface area (Å²) in [5.74, 6) is 2.37. The molecule has 1 N–H and O–H groups in total. The van der Waals surface area contributed by atoms with Crippen LogP contribution in [0.5, 0.6) is 5.75 Å². The van der Waals surface area contributed by atoms with E-state index in [9.17, 15) is 4.79 Å². The Bertz CT molecular complexity index is 1560. The van der Waals surface area contributed by atoms with Gasteiger partial charge in [-0.25, -0.2) is 4.68 Å². The van der Waals surface area contributed by atoms with E-state index < -0.39 is 0 Å². The third-order valence-corrected chi connectivity index (χ3v) is 8.26. The molecule has 1 aliphatic heterocycles. The molecule has 6 rings (SSSR count). The topological polar surface area (TPSA) is 69.0 Å². The quantitative estimate of drug-likeness (QED) is 0.254. The van der Waals surface area contributed by atoms with Crippen LogP contribution in [0.1, 0.15) is 55.0 Å². The summed E-state index contributed by atoms with van der Waals surface area (Å²) in [5, 5.41) is 9.06. The highest BCUT2D eigenvalue weighted by atomic mass is 32.2. The lowest BCUT2D eigenvalue weighted by molar-refractivity contribution is -0.118. The van der Waals surface area contributed by atoms with E-state index in [1.807, 2.05) is 53.2 Å². The molecule has 0 fully saturated rings. The second-order valence-corrected chi connectivity index (χ2v) is 12.0. The Morgan fingerprint density at radius 1 is 1.03 bits per heavy atom. The molecule has 39 heavy (non-hydrogen) atoms. The molecule has 0 bridgehead atoms. The third kappa shape index (κ3) is 5.36. The van der Waals surface area contributed by atoms with Crippen molar-refractivity contribution >= 4 is 23.5 Å². The van der Waals surface area contributed by atoms with Crippen molar-refractivity contribution < 1.29 is 9.53 Å². The molecule has 6 nitrogen and oxygen atoms in total. The van der Waals surface area contributed by atoms with Crippen LogP contribution >= 0.6 is 11.8 Å². The molecule has 0 radical (unpaired) electrons. The zero-order valence-electron chi connectivity index (χ0n) is 22.5. The van der Waals surface area contributed by atoms with Crippen LogP contribution < -0.4 is 10.1 Å². The van der Waals surface area contributed by atoms with Crippen LogP contribution in [0, 0.1) is 12.3 Å². The summed E-state index contributed by atoms with van der Waals surface area (Å²) < 4.78 is 8.09. The number of nitrogens with zero attached hydrogens (tertiary/aromatic N) is 3. The third-order valence-electron chi connectivity index (χ3n) is 7.35. The van der Waals surface area contributed by atoms with E-state index in [0.29, 0.717) is 24.1 Å². The van der Waals surface area contributed by atoms with Crippen molar-refractivity contribution in [1.29, 1.82) is 0 Å². The predicted octanol–water partition coefficient (Wildman–Crippen LogP) is 7.12. The van der Waals surface area contributed by atoms with Gasteiger partial charge in [-0.15, -0.1) is 5.10 Å². The number of allylic oxidation sites excluding steroid dienone is 2. The van der Waals surface area contributed by atoms with E-state index in [-0.39, 0.29) is 17.2 Å². The summed E-state index contributed by atoms with van der Waals surface area (Å²) in [6.45, 7) is 6.87. The summed E-state index contributed by atoms with van der Waals surface area (Å²) in [6, 6.07) is 26.2. The van der Waals surface area contributed by atoms with Gasteiger partial charge in [-0.3, -0.25) is 4.79 Å². The maximum Gasteiger partial charge on any atom is 0.227 e. The van der Waals surface area contributed by atoms with Crippen LogP contribution in [-0.2, 0) is 17.2 Å². The number of ketones is 1. The number of aryl methyl sites for hydroxylation is 1. The van der Waals surface area contributed by atoms with Crippen LogP contribution in [-0.4, -0.2) is 20.5 Å². The number of anilines is 1. The number of rotatable bonds is 7. The van der Waals surface area contributed by atoms with Gasteiger partial charge in [-0.2, -0.15) is 4.98 Å². The van der Waals surface area contributed by atoms with Gasteiger partial charge in [0, 0.05) is 23.4 Å². The molecule has 2 heterocycles. The number of fused-ring (bicyclic) bond motifs is 1. The molecule has 7 heteroatoms. The maximum absolute atomic E-state index is 13.6. The van der Waals surface area contributed by atoms with Gasteiger partial charge >= 0.3 is 0 Å². The number of thioether (sulfide) groups is 1. The summed E-state index contributed by atoms with van der Waals surface area (Å²) in [4.78, 5) is 18.4. The van der Waals surface area contributed by atoms with Gasteiger partial charge in [0.05, 0.1) is 0 Å². The molecular formula is C32H32N4O2S. The molecule has 0 saturated carbocycles. The number of carbonyl (C=O) groups excluding carboxylic acids is 1. The number of aromatic nitrogens is 3. The second kappa shape index (κ2) is 10.4. The average Bonchev–Trinajstić information content (AvgIpc) is 3.33. The Morgan fingerprint density at radius 3 is 2.64 bits per heavy atom. The first-order valence-corrected chi connectivity index (χ1v) is 14.3. The molecule has 4 aromatic rings. The SMILES string of the molecule is Cc1ccccc1COc1cccc(C2C3=C(CC(C)(C)CC3=O)Nc3nc(SCc4ccccc4)nn32)c1. The van der Waals surface area contributed by atoms with Crippen molar-refractivity contribution in [3.05, 3.63) is 112 Å². The van der Waals surface area contributed by atoms with Crippen LogP contribution in [0.3, 0.4) is 0 Å². The van der Waals surface area contributed by atoms with Crippen LogP contribution in [0.25, 0.3) is 0 Å². The van der Waals surface area contributed by atoms with E-state index in [4.69, 9.17) is 14.8 Å². The summed E-state index contributed by atoms with van der Waals surface area (Å²) in [7, 11) is 0. The van der Waals surface area contributed by atoms with Crippen LogP contribution in [0.15, 0.2) is 95.3 Å². The minimum atomic E-state index is -0.361. The van der Waals surface area contributed by atoms with Crippen molar-refractivity contribution in [2.45, 2.75) is 57.2 Å². The second-order valence-electron chi connectivity index (χ2n) is 11.1. The minimum Gasteiger partial charge on any atom is -0.489 e. The predicted molar refractivity (Wildman–Crippen MR) is 155 cm³/mol. The number of hydrogen-bond donors (Lipinski definition) is 1. The summed E-state index contributed by atoms with van der Waals surface area (Å²) >= 11 is 1.60. The minimum absolute atomic E-state index is 0.112. The smallest absolute Gasteiger partial charge is 0.227 e. The van der Waals surface area contributed by atoms with Gasteiger partial charge in [0.2, 0.25) is 11.1 Å². The molecule has 3 aromatic carbocycles.